The van der Waals surface area contributed by atoms with Crippen LogP contribution < -0.4 is 5.32 Å². The van der Waals surface area contributed by atoms with Crippen LogP contribution in [-0.2, 0) is 0 Å². The third-order valence-electron chi connectivity index (χ3n) is 3.42. The summed E-state index contributed by atoms with van der Waals surface area (Å²) in [5, 5.41) is 11.8. The first-order valence-corrected chi connectivity index (χ1v) is 6.95. The summed E-state index contributed by atoms with van der Waals surface area (Å²) in [5.41, 5.74) is 0.587. The maximum atomic E-state index is 13.8. The van der Waals surface area contributed by atoms with Crippen molar-refractivity contribution in [1.29, 1.82) is 0 Å². The molecule has 0 aliphatic carbocycles. The van der Waals surface area contributed by atoms with Crippen LogP contribution in [0.15, 0.2) is 42.5 Å². The average molecular weight is 305 g/mol. The molecule has 2 N–H and O–H groups in total. The lowest BCUT2D eigenvalue weighted by Gasteiger charge is -2.18. The first-order valence-electron chi connectivity index (χ1n) is 6.95. The van der Waals surface area contributed by atoms with Gasteiger partial charge in [-0.1, -0.05) is 30.3 Å². The molecule has 0 saturated carbocycles. The van der Waals surface area contributed by atoms with Gasteiger partial charge in [-0.05, 0) is 36.6 Å². The summed E-state index contributed by atoms with van der Waals surface area (Å²) >= 11 is 0. The van der Waals surface area contributed by atoms with Crippen LogP contribution in [0.3, 0.4) is 0 Å². The quantitative estimate of drug-likeness (QED) is 0.891. The summed E-state index contributed by atoms with van der Waals surface area (Å²) in [6, 6.07) is 10.4. The second-order valence-corrected chi connectivity index (χ2v) is 5.03. The minimum atomic E-state index is -0.771. The van der Waals surface area contributed by atoms with Gasteiger partial charge in [-0.25, -0.2) is 8.78 Å². The Morgan fingerprint density at radius 1 is 1.18 bits per heavy atom. The molecule has 2 aromatic carbocycles. The number of benzene rings is 2. The Labute approximate surface area is 127 Å². The number of aryl methyl sites for hydroxylation is 1. The summed E-state index contributed by atoms with van der Waals surface area (Å²) in [4.78, 5) is 12.2. The molecular weight excluding hydrogens is 288 g/mol. The summed E-state index contributed by atoms with van der Waals surface area (Å²) in [6.45, 7) is 1.29. The van der Waals surface area contributed by atoms with Gasteiger partial charge >= 0.3 is 0 Å². The number of aliphatic hydroxyl groups is 1. The van der Waals surface area contributed by atoms with Crippen molar-refractivity contribution in [2.75, 3.05) is 6.61 Å². The predicted molar refractivity (Wildman–Crippen MR) is 79.4 cm³/mol. The smallest absolute Gasteiger partial charge is 0.254 e. The van der Waals surface area contributed by atoms with E-state index in [2.05, 4.69) is 5.32 Å². The highest BCUT2D eigenvalue weighted by molar-refractivity contribution is 5.94. The Kier molecular flexibility index (Phi) is 5.22. The van der Waals surface area contributed by atoms with Gasteiger partial charge in [0.05, 0.1) is 11.6 Å². The van der Waals surface area contributed by atoms with E-state index in [1.165, 1.54) is 6.92 Å². The van der Waals surface area contributed by atoms with Gasteiger partial charge in [0.25, 0.3) is 5.91 Å². The number of carbonyl (C=O) groups excluding carboxylic acids is 1. The van der Waals surface area contributed by atoms with Gasteiger partial charge in [-0.3, -0.25) is 4.79 Å². The van der Waals surface area contributed by atoms with Gasteiger partial charge in [-0.2, -0.15) is 0 Å². The Hall–Kier alpha value is -2.27. The van der Waals surface area contributed by atoms with Gasteiger partial charge < -0.3 is 10.4 Å². The van der Waals surface area contributed by atoms with Gasteiger partial charge in [0.15, 0.2) is 0 Å². The van der Waals surface area contributed by atoms with E-state index in [1.54, 1.807) is 24.3 Å². The third kappa shape index (κ3) is 3.68. The molecule has 1 amide bonds. The fraction of sp³-hybridized carbons (Fsp3) is 0.235. The van der Waals surface area contributed by atoms with Crippen molar-refractivity contribution in [2.45, 2.75) is 19.4 Å². The molecule has 0 aliphatic heterocycles. The summed E-state index contributed by atoms with van der Waals surface area (Å²) in [5.74, 6) is -2.11. The number of amides is 1. The van der Waals surface area contributed by atoms with Crippen molar-refractivity contribution in [2.24, 2.45) is 0 Å². The molecule has 1 atom stereocenters. The van der Waals surface area contributed by atoms with Gasteiger partial charge in [0.2, 0.25) is 0 Å². The zero-order valence-electron chi connectivity index (χ0n) is 12.1. The lowest BCUT2D eigenvalue weighted by Crippen LogP contribution is -2.30. The van der Waals surface area contributed by atoms with Crippen LogP contribution in [0.25, 0.3) is 0 Å². The molecule has 2 aromatic rings. The van der Waals surface area contributed by atoms with E-state index in [4.69, 9.17) is 5.11 Å². The number of carbonyl (C=O) groups is 1. The minimum absolute atomic E-state index is 0.134. The molecular formula is C17H17F2NO2. The fourth-order valence-electron chi connectivity index (χ4n) is 2.19. The standard InChI is InChI=1S/C17H17F2NO2/c1-11-9-15(19)13(10-14(11)18)17(22)20-16(7-8-21)12-5-3-2-4-6-12/h2-6,9-10,16,21H,7-8H2,1H3,(H,20,22). The molecule has 0 saturated heterocycles. The van der Waals surface area contributed by atoms with Crippen LogP contribution in [0, 0.1) is 18.6 Å². The van der Waals surface area contributed by atoms with E-state index in [-0.39, 0.29) is 24.2 Å². The van der Waals surface area contributed by atoms with Crippen LogP contribution in [0.1, 0.15) is 33.9 Å². The molecule has 3 nitrogen and oxygen atoms in total. The van der Waals surface area contributed by atoms with Crippen molar-refractivity contribution >= 4 is 5.91 Å². The average Bonchev–Trinajstić information content (AvgIpc) is 2.51. The number of aliphatic hydroxyl groups excluding tert-OH is 1. The Morgan fingerprint density at radius 2 is 1.86 bits per heavy atom. The lowest BCUT2D eigenvalue weighted by atomic mass is 10.0. The van der Waals surface area contributed by atoms with E-state index in [9.17, 15) is 13.6 Å². The molecule has 0 aromatic heterocycles. The number of hydrogen-bond donors (Lipinski definition) is 2. The van der Waals surface area contributed by atoms with Crippen molar-refractivity contribution in [3.8, 4) is 0 Å². The number of rotatable bonds is 5. The summed E-state index contributed by atoms with van der Waals surface area (Å²) in [7, 11) is 0. The SMILES string of the molecule is Cc1cc(F)c(C(=O)NC(CCO)c2ccccc2)cc1F. The zero-order valence-corrected chi connectivity index (χ0v) is 12.1. The van der Waals surface area contributed by atoms with Gasteiger partial charge in [0, 0.05) is 6.61 Å². The molecule has 116 valence electrons. The second kappa shape index (κ2) is 7.13. The highest BCUT2D eigenvalue weighted by Gasteiger charge is 2.19. The van der Waals surface area contributed by atoms with Crippen LogP contribution in [0.2, 0.25) is 0 Å². The predicted octanol–water partition coefficient (Wildman–Crippen LogP) is 3.13. The van der Waals surface area contributed by atoms with Gasteiger partial charge in [-0.15, -0.1) is 0 Å². The second-order valence-electron chi connectivity index (χ2n) is 5.03. The molecule has 0 heterocycles. The number of halogens is 2. The van der Waals surface area contributed by atoms with Gasteiger partial charge in [0.1, 0.15) is 11.6 Å². The first kappa shape index (κ1) is 16.1. The fourth-order valence-corrected chi connectivity index (χ4v) is 2.19. The highest BCUT2D eigenvalue weighted by atomic mass is 19.1. The molecule has 2 rings (SSSR count). The Balaban J connectivity index is 2.24. The number of nitrogens with one attached hydrogen (secondary N) is 1. The van der Waals surface area contributed by atoms with Crippen LogP contribution >= 0.6 is 0 Å². The Morgan fingerprint density at radius 3 is 2.50 bits per heavy atom. The highest BCUT2D eigenvalue weighted by Crippen LogP contribution is 2.19. The molecule has 1 unspecified atom stereocenters. The van der Waals surface area contributed by atoms with E-state index in [0.717, 1.165) is 17.7 Å². The van der Waals surface area contributed by atoms with E-state index in [0.29, 0.717) is 0 Å². The van der Waals surface area contributed by atoms with Crippen LogP contribution in [0.5, 0.6) is 0 Å². The van der Waals surface area contributed by atoms with Crippen LogP contribution in [0.4, 0.5) is 8.78 Å². The zero-order chi connectivity index (χ0) is 16.1. The van der Waals surface area contributed by atoms with Crippen molar-refractivity contribution in [3.05, 3.63) is 70.8 Å². The molecule has 5 heteroatoms. The summed E-state index contributed by atoms with van der Waals surface area (Å²) < 4.78 is 27.4. The third-order valence-corrected chi connectivity index (χ3v) is 3.42. The van der Waals surface area contributed by atoms with E-state index in [1.807, 2.05) is 6.07 Å². The maximum Gasteiger partial charge on any atom is 0.254 e. The molecule has 0 fully saturated rings. The maximum absolute atomic E-state index is 13.8. The molecule has 0 spiro atoms. The van der Waals surface area contributed by atoms with Crippen molar-refractivity contribution < 1.29 is 18.7 Å². The Bertz CT molecular complexity index is 659. The molecule has 0 aliphatic rings. The molecule has 0 radical (unpaired) electrons. The summed E-state index contributed by atoms with van der Waals surface area (Å²) in [6.07, 6.45) is 0.283. The van der Waals surface area contributed by atoms with Crippen molar-refractivity contribution in [3.63, 3.8) is 0 Å². The first-order chi connectivity index (χ1) is 10.5. The minimum Gasteiger partial charge on any atom is -0.396 e. The largest absolute Gasteiger partial charge is 0.396 e. The molecule has 22 heavy (non-hydrogen) atoms. The van der Waals surface area contributed by atoms with E-state index >= 15 is 0 Å². The normalized spacial score (nSPS) is 12.0. The van der Waals surface area contributed by atoms with E-state index < -0.39 is 23.6 Å². The monoisotopic (exact) mass is 305 g/mol. The van der Waals surface area contributed by atoms with Crippen molar-refractivity contribution in [1.82, 2.24) is 5.32 Å². The topological polar surface area (TPSA) is 49.3 Å². The lowest BCUT2D eigenvalue weighted by molar-refractivity contribution is 0.0925. The molecule has 0 bridgehead atoms. The number of hydrogen-bond acceptors (Lipinski definition) is 2. The van der Waals surface area contributed by atoms with Crippen LogP contribution in [-0.4, -0.2) is 17.6 Å².